The molecule has 2 rings (SSSR count). The van der Waals surface area contributed by atoms with Gasteiger partial charge in [0.1, 0.15) is 28.5 Å². The highest BCUT2D eigenvalue weighted by atomic mass is 32.2. The molecule has 0 saturated carbocycles. The summed E-state index contributed by atoms with van der Waals surface area (Å²) in [6.07, 6.45) is 0. The zero-order chi connectivity index (χ0) is 20.0. The Morgan fingerprint density at radius 3 is 2.37 bits per heavy atom. The minimum Gasteiger partial charge on any atom is -0.465 e. The lowest BCUT2D eigenvalue weighted by atomic mass is 9.95. The first kappa shape index (κ1) is 20.0. The van der Waals surface area contributed by atoms with E-state index in [1.807, 2.05) is 19.1 Å². The second kappa shape index (κ2) is 8.84. The molecule has 0 spiro atoms. The molecule has 0 amide bonds. The molecule has 0 saturated heterocycles. The number of ether oxygens (including phenoxy) is 1. The molecule has 27 heavy (non-hydrogen) atoms. The quantitative estimate of drug-likeness (QED) is 0.460. The van der Waals surface area contributed by atoms with Crippen molar-refractivity contribution in [2.24, 2.45) is 0 Å². The molecule has 0 bridgehead atoms. The first-order valence-electron chi connectivity index (χ1n) is 7.96. The molecule has 0 fully saturated rings. The van der Waals surface area contributed by atoms with Gasteiger partial charge in [-0.05, 0) is 13.8 Å². The van der Waals surface area contributed by atoms with Crippen molar-refractivity contribution in [1.82, 2.24) is 4.98 Å². The summed E-state index contributed by atoms with van der Waals surface area (Å²) < 4.78 is 4.85. The van der Waals surface area contributed by atoms with Crippen LogP contribution in [0.5, 0.6) is 0 Å². The Morgan fingerprint density at radius 1 is 1.19 bits per heavy atom. The van der Waals surface area contributed by atoms with Crippen molar-refractivity contribution >= 4 is 29.3 Å². The first-order chi connectivity index (χ1) is 12.9. The summed E-state index contributed by atoms with van der Waals surface area (Å²) >= 11 is 0.932. The van der Waals surface area contributed by atoms with E-state index in [0.717, 1.165) is 17.3 Å². The summed E-state index contributed by atoms with van der Waals surface area (Å²) in [5.41, 5.74) is 6.78. The Hall–Kier alpha value is -3.36. The standard InChI is InChI=1S/C19H16N4O3S/c1-3-26-15(24)10-27-19-14(9-21)16(13(8-20)18(22)23-19)17(25)12-6-4-11(2)5-7-12/h4-7H,3,10H2,1-2H3,(H2,22,23). The highest BCUT2D eigenvalue weighted by Crippen LogP contribution is 2.30. The van der Waals surface area contributed by atoms with Gasteiger partial charge in [-0.2, -0.15) is 10.5 Å². The number of carbonyl (C=O) groups excluding carboxylic acids is 2. The third-order valence-electron chi connectivity index (χ3n) is 3.59. The van der Waals surface area contributed by atoms with E-state index >= 15 is 0 Å². The smallest absolute Gasteiger partial charge is 0.316 e. The number of pyridine rings is 1. The van der Waals surface area contributed by atoms with Gasteiger partial charge in [-0.15, -0.1) is 0 Å². The van der Waals surface area contributed by atoms with E-state index in [1.165, 1.54) is 0 Å². The van der Waals surface area contributed by atoms with Gasteiger partial charge in [-0.1, -0.05) is 41.6 Å². The van der Waals surface area contributed by atoms with Gasteiger partial charge in [0.25, 0.3) is 0 Å². The highest BCUT2D eigenvalue weighted by molar-refractivity contribution is 7.99. The molecular formula is C19H16N4O3S. The molecule has 2 aromatic rings. The SMILES string of the molecule is CCOC(=O)CSc1nc(N)c(C#N)c(C(=O)c2ccc(C)cc2)c1C#N. The van der Waals surface area contributed by atoms with Crippen LogP contribution in [0.1, 0.15) is 39.5 Å². The van der Waals surface area contributed by atoms with Gasteiger partial charge in [-0.3, -0.25) is 9.59 Å². The van der Waals surface area contributed by atoms with Crippen molar-refractivity contribution in [1.29, 1.82) is 10.5 Å². The van der Waals surface area contributed by atoms with Crippen LogP contribution in [-0.4, -0.2) is 29.1 Å². The monoisotopic (exact) mass is 380 g/mol. The lowest BCUT2D eigenvalue weighted by Crippen LogP contribution is -2.13. The second-order valence-electron chi connectivity index (χ2n) is 5.44. The van der Waals surface area contributed by atoms with Crippen LogP contribution >= 0.6 is 11.8 Å². The van der Waals surface area contributed by atoms with E-state index in [2.05, 4.69) is 4.98 Å². The number of esters is 1. The van der Waals surface area contributed by atoms with E-state index in [-0.39, 0.29) is 39.9 Å². The van der Waals surface area contributed by atoms with Gasteiger partial charge in [0.2, 0.25) is 0 Å². The minimum atomic E-state index is -0.504. The number of nitrogen functional groups attached to an aromatic ring is 1. The summed E-state index contributed by atoms with van der Waals surface area (Å²) in [6, 6.07) is 10.5. The van der Waals surface area contributed by atoms with Crippen LogP contribution in [0.4, 0.5) is 5.82 Å². The highest BCUT2D eigenvalue weighted by Gasteiger charge is 2.25. The number of anilines is 1. The number of nitrogens with zero attached hydrogens (tertiary/aromatic N) is 3. The van der Waals surface area contributed by atoms with Gasteiger partial charge in [0.15, 0.2) is 5.78 Å². The number of ketones is 1. The van der Waals surface area contributed by atoms with Gasteiger partial charge >= 0.3 is 5.97 Å². The lowest BCUT2D eigenvalue weighted by Gasteiger charge is -2.12. The Balaban J connectivity index is 2.56. The molecule has 0 aliphatic carbocycles. The van der Waals surface area contributed by atoms with Crippen molar-refractivity contribution in [2.45, 2.75) is 18.9 Å². The molecule has 1 aromatic carbocycles. The average molecular weight is 380 g/mol. The number of hydrogen-bond donors (Lipinski definition) is 1. The normalized spacial score (nSPS) is 9.93. The van der Waals surface area contributed by atoms with E-state index in [9.17, 15) is 20.1 Å². The van der Waals surface area contributed by atoms with E-state index in [0.29, 0.717) is 5.56 Å². The number of nitriles is 2. The molecule has 0 aliphatic rings. The fourth-order valence-corrected chi connectivity index (χ4v) is 3.10. The summed E-state index contributed by atoms with van der Waals surface area (Å²) in [5, 5.41) is 19.1. The van der Waals surface area contributed by atoms with Crippen molar-refractivity contribution in [3.63, 3.8) is 0 Å². The van der Waals surface area contributed by atoms with Crippen LogP contribution in [-0.2, 0) is 9.53 Å². The van der Waals surface area contributed by atoms with Gasteiger partial charge < -0.3 is 10.5 Å². The van der Waals surface area contributed by atoms with Crippen LogP contribution in [0.15, 0.2) is 29.3 Å². The number of carbonyl (C=O) groups is 2. The largest absolute Gasteiger partial charge is 0.465 e. The van der Waals surface area contributed by atoms with Crippen LogP contribution in [0.25, 0.3) is 0 Å². The number of benzene rings is 1. The number of hydrogen-bond acceptors (Lipinski definition) is 8. The van der Waals surface area contributed by atoms with Crippen LogP contribution in [0, 0.1) is 29.6 Å². The summed E-state index contributed by atoms with van der Waals surface area (Å²) in [4.78, 5) is 28.6. The van der Waals surface area contributed by atoms with Gasteiger partial charge in [0.05, 0.1) is 23.5 Å². The van der Waals surface area contributed by atoms with Crippen molar-refractivity contribution < 1.29 is 14.3 Å². The zero-order valence-corrected chi connectivity index (χ0v) is 15.6. The number of rotatable bonds is 6. The second-order valence-corrected chi connectivity index (χ2v) is 6.40. The predicted molar refractivity (Wildman–Crippen MR) is 100 cm³/mol. The summed E-state index contributed by atoms with van der Waals surface area (Å²) in [7, 11) is 0. The molecule has 0 radical (unpaired) electrons. The molecule has 8 heteroatoms. The summed E-state index contributed by atoms with van der Waals surface area (Å²) in [5.74, 6) is -1.25. The Kier molecular flexibility index (Phi) is 6.53. The Bertz CT molecular complexity index is 972. The van der Waals surface area contributed by atoms with Crippen LogP contribution in [0.3, 0.4) is 0 Å². The van der Waals surface area contributed by atoms with Gasteiger partial charge in [0, 0.05) is 5.56 Å². The van der Waals surface area contributed by atoms with E-state index in [4.69, 9.17) is 10.5 Å². The number of thioether (sulfide) groups is 1. The molecule has 7 nitrogen and oxygen atoms in total. The first-order valence-corrected chi connectivity index (χ1v) is 8.94. The van der Waals surface area contributed by atoms with Gasteiger partial charge in [-0.25, -0.2) is 4.98 Å². The third-order valence-corrected chi connectivity index (χ3v) is 4.54. The van der Waals surface area contributed by atoms with Crippen LogP contribution < -0.4 is 5.73 Å². The maximum atomic E-state index is 13.0. The number of aryl methyl sites for hydroxylation is 1. The predicted octanol–water partition coefficient (Wildman–Crippen LogP) is 2.60. The molecule has 0 aliphatic heterocycles. The Labute approximate surface area is 160 Å². The molecular weight excluding hydrogens is 364 g/mol. The topological polar surface area (TPSA) is 130 Å². The third kappa shape index (κ3) is 4.43. The fourth-order valence-electron chi connectivity index (χ4n) is 2.31. The van der Waals surface area contributed by atoms with Crippen molar-refractivity contribution in [3.05, 3.63) is 52.1 Å². The lowest BCUT2D eigenvalue weighted by molar-refractivity contribution is -0.139. The van der Waals surface area contributed by atoms with Crippen molar-refractivity contribution in [2.75, 3.05) is 18.1 Å². The fraction of sp³-hybridized carbons (Fsp3) is 0.211. The molecule has 2 N–H and O–H groups in total. The zero-order valence-electron chi connectivity index (χ0n) is 14.8. The molecule has 136 valence electrons. The summed E-state index contributed by atoms with van der Waals surface area (Å²) in [6.45, 7) is 3.79. The number of aromatic nitrogens is 1. The minimum absolute atomic E-state index is 0.0828. The number of nitrogens with two attached hydrogens (primary N) is 1. The molecule has 1 aromatic heterocycles. The molecule has 1 heterocycles. The van der Waals surface area contributed by atoms with Crippen molar-refractivity contribution in [3.8, 4) is 12.1 Å². The Morgan fingerprint density at radius 2 is 1.81 bits per heavy atom. The molecule has 0 unspecified atom stereocenters. The maximum absolute atomic E-state index is 13.0. The maximum Gasteiger partial charge on any atom is 0.316 e. The van der Waals surface area contributed by atoms with E-state index in [1.54, 1.807) is 31.2 Å². The van der Waals surface area contributed by atoms with Crippen LogP contribution in [0.2, 0.25) is 0 Å². The molecule has 0 atom stereocenters. The van der Waals surface area contributed by atoms with E-state index < -0.39 is 11.8 Å². The average Bonchev–Trinajstić information content (AvgIpc) is 2.66.